The summed E-state index contributed by atoms with van der Waals surface area (Å²) in [5.74, 6) is -0.828. The monoisotopic (exact) mass is 420 g/mol. The number of benzene rings is 2. The van der Waals surface area contributed by atoms with E-state index in [1.807, 2.05) is 19.1 Å². The molecule has 0 aliphatic carbocycles. The van der Waals surface area contributed by atoms with Gasteiger partial charge >= 0.3 is 0 Å². The number of aryl methyl sites for hydroxylation is 1. The second-order valence-electron chi connectivity index (χ2n) is 5.33. The van der Waals surface area contributed by atoms with E-state index in [1.54, 1.807) is 6.07 Å². The third-order valence-electron chi connectivity index (χ3n) is 3.39. The Morgan fingerprint density at radius 1 is 1.15 bits per heavy atom. The van der Waals surface area contributed by atoms with E-state index in [0.29, 0.717) is 11.3 Å². The van der Waals surface area contributed by atoms with Gasteiger partial charge in [0.05, 0.1) is 4.47 Å². The number of rotatable bonds is 6. The molecule has 0 aliphatic rings. The summed E-state index contributed by atoms with van der Waals surface area (Å²) in [4.78, 5) is 23.4. The number of carbonyl (C=O) groups excluding carboxylic acids is 2. The molecule has 5 nitrogen and oxygen atoms in total. The highest BCUT2D eigenvalue weighted by Crippen LogP contribution is 2.26. The highest BCUT2D eigenvalue weighted by Gasteiger charge is 2.07. The zero-order valence-electron chi connectivity index (χ0n) is 14.1. The van der Waals surface area contributed by atoms with Crippen LogP contribution in [-0.4, -0.2) is 18.4 Å². The molecule has 0 spiro atoms. The van der Waals surface area contributed by atoms with Crippen molar-refractivity contribution in [3.8, 4) is 5.75 Å². The molecular formula is C19H18BrFN2O3. The van der Waals surface area contributed by atoms with E-state index in [1.165, 1.54) is 36.4 Å². The number of amides is 2. The number of hydrogen-bond acceptors (Lipinski definition) is 3. The predicted molar refractivity (Wildman–Crippen MR) is 101 cm³/mol. The summed E-state index contributed by atoms with van der Waals surface area (Å²) in [7, 11) is 0. The summed E-state index contributed by atoms with van der Waals surface area (Å²) in [6.45, 7) is 1.80. The summed E-state index contributed by atoms with van der Waals surface area (Å²) in [5, 5.41) is 0. The van der Waals surface area contributed by atoms with Crippen LogP contribution in [0.25, 0.3) is 6.08 Å². The van der Waals surface area contributed by atoms with Crippen LogP contribution in [-0.2, 0) is 16.0 Å². The number of nitrogens with one attached hydrogen (secondary N) is 2. The topological polar surface area (TPSA) is 67.4 Å². The Morgan fingerprint density at radius 2 is 1.88 bits per heavy atom. The molecule has 0 atom stereocenters. The number of halogens is 2. The molecule has 0 aliphatic heterocycles. The fraction of sp³-hybridized carbons (Fsp3) is 0.158. The molecule has 2 N–H and O–H groups in total. The van der Waals surface area contributed by atoms with Crippen molar-refractivity contribution in [1.82, 2.24) is 10.9 Å². The first-order valence-electron chi connectivity index (χ1n) is 7.91. The van der Waals surface area contributed by atoms with Gasteiger partial charge in [0, 0.05) is 6.08 Å². The molecular weight excluding hydrogens is 403 g/mol. The Labute approximate surface area is 159 Å². The number of hydrogen-bond donors (Lipinski definition) is 2. The average Bonchev–Trinajstić information content (AvgIpc) is 2.64. The first-order chi connectivity index (χ1) is 12.5. The van der Waals surface area contributed by atoms with Crippen LogP contribution in [0.1, 0.15) is 18.1 Å². The molecule has 0 bridgehead atoms. The van der Waals surface area contributed by atoms with E-state index in [2.05, 4.69) is 26.8 Å². The summed E-state index contributed by atoms with van der Waals surface area (Å²) < 4.78 is 19.0. The molecule has 0 fully saturated rings. The molecule has 0 unspecified atom stereocenters. The minimum absolute atomic E-state index is 0.244. The van der Waals surface area contributed by atoms with Crippen molar-refractivity contribution in [2.45, 2.75) is 13.3 Å². The lowest BCUT2D eigenvalue weighted by Gasteiger charge is -2.10. The van der Waals surface area contributed by atoms with E-state index in [4.69, 9.17) is 4.74 Å². The fourth-order valence-corrected chi connectivity index (χ4v) is 2.52. The molecule has 2 aromatic carbocycles. The zero-order valence-corrected chi connectivity index (χ0v) is 15.7. The van der Waals surface area contributed by atoms with Crippen LogP contribution in [0.15, 0.2) is 53.0 Å². The highest BCUT2D eigenvalue weighted by atomic mass is 79.9. The van der Waals surface area contributed by atoms with Crippen molar-refractivity contribution in [1.29, 1.82) is 0 Å². The maximum atomic E-state index is 12.8. The molecule has 2 aromatic rings. The van der Waals surface area contributed by atoms with Crippen LogP contribution in [0.3, 0.4) is 0 Å². The maximum Gasteiger partial charge on any atom is 0.276 e. The van der Waals surface area contributed by atoms with Gasteiger partial charge in [0.1, 0.15) is 11.6 Å². The predicted octanol–water partition coefficient (Wildman–Crippen LogP) is 3.39. The van der Waals surface area contributed by atoms with Crippen LogP contribution in [0.4, 0.5) is 4.39 Å². The van der Waals surface area contributed by atoms with Crippen LogP contribution in [0.2, 0.25) is 0 Å². The Balaban J connectivity index is 1.76. The van der Waals surface area contributed by atoms with Gasteiger partial charge in [-0.25, -0.2) is 4.39 Å². The molecule has 0 heterocycles. The summed E-state index contributed by atoms with van der Waals surface area (Å²) in [6, 6.07) is 11.3. The number of carbonyl (C=O) groups is 2. The summed E-state index contributed by atoms with van der Waals surface area (Å²) in [5.41, 5.74) is 6.30. The van der Waals surface area contributed by atoms with Gasteiger partial charge in [-0.2, -0.15) is 0 Å². The minimum atomic E-state index is -0.517. The van der Waals surface area contributed by atoms with E-state index in [9.17, 15) is 14.0 Å². The van der Waals surface area contributed by atoms with Gasteiger partial charge in [0.25, 0.3) is 11.8 Å². The van der Waals surface area contributed by atoms with Crippen molar-refractivity contribution >= 4 is 33.8 Å². The van der Waals surface area contributed by atoms with E-state index >= 15 is 0 Å². The lowest BCUT2D eigenvalue weighted by molar-refractivity contribution is -0.128. The second-order valence-corrected chi connectivity index (χ2v) is 6.18. The van der Waals surface area contributed by atoms with Crippen molar-refractivity contribution < 1.29 is 18.7 Å². The molecule has 0 saturated heterocycles. The normalized spacial score (nSPS) is 10.6. The van der Waals surface area contributed by atoms with Crippen molar-refractivity contribution in [3.05, 3.63) is 70.0 Å². The number of ether oxygens (including phenoxy) is 1. The smallest absolute Gasteiger partial charge is 0.276 e. The van der Waals surface area contributed by atoms with Crippen LogP contribution in [0, 0.1) is 5.82 Å². The first-order valence-corrected chi connectivity index (χ1v) is 8.71. The van der Waals surface area contributed by atoms with Gasteiger partial charge in [-0.15, -0.1) is 0 Å². The fourth-order valence-electron chi connectivity index (χ4n) is 1.98. The van der Waals surface area contributed by atoms with Gasteiger partial charge in [-0.05, 0) is 63.8 Å². The van der Waals surface area contributed by atoms with Crippen molar-refractivity contribution in [3.63, 3.8) is 0 Å². The second kappa shape index (κ2) is 9.72. The summed E-state index contributed by atoms with van der Waals surface area (Å²) in [6.07, 6.45) is 3.63. The molecule has 0 aromatic heterocycles. The van der Waals surface area contributed by atoms with Gasteiger partial charge in [0.15, 0.2) is 6.61 Å². The van der Waals surface area contributed by atoms with E-state index in [-0.39, 0.29) is 12.4 Å². The van der Waals surface area contributed by atoms with E-state index < -0.39 is 11.8 Å². The van der Waals surface area contributed by atoms with Gasteiger partial charge in [-0.3, -0.25) is 20.4 Å². The van der Waals surface area contributed by atoms with Crippen molar-refractivity contribution in [2.24, 2.45) is 0 Å². The minimum Gasteiger partial charge on any atom is -0.483 e. The highest BCUT2D eigenvalue weighted by molar-refractivity contribution is 9.10. The Bertz CT molecular complexity index is 807. The third kappa shape index (κ3) is 6.33. The maximum absolute atomic E-state index is 12.8. The first kappa shape index (κ1) is 19.7. The van der Waals surface area contributed by atoms with Crippen LogP contribution < -0.4 is 15.6 Å². The molecule has 26 heavy (non-hydrogen) atoms. The molecule has 2 amide bonds. The standard InChI is InChI=1S/C19H18BrFN2O3/c1-2-13-5-9-17(16(20)11-13)26-12-19(25)23-22-18(24)10-6-14-3-7-15(21)8-4-14/h3-11H,2,12H2,1H3,(H,22,24)(H,23,25)/b10-6+. The molecule has 0 radical (unpaired) electrons. The van der Waals surface area contributed by atoms with Crippen LogP contribution in [0.5, 0.6) is 5.75 Å². The quantitative estimate of drug-likeness (QED) is 0.555. The van der Waals surface area contributed by atoms with Gasteiger partial charge in [0.2, 0.25) is 0 Å². The average molecular weight is 421 g/mol. The van der Waals surface area contributed by atoms with Gasteiger partial charge in [-0.1, -0.05) is 25.1 Å². The lowest BCUT2D eigenvalue weighted by Crippen LogP contribution is -2.43. The lowest BCUT2D eigenvalue weighted by atomic mass is 10.2. The van der Waals surface area contributed by atoms with Crippen LogP contribution >= 0.6 is 15.9 Å². The largest absolute Gasteiger partial charge is 0.483 e. The van der Waals surface area contributed by atoms with E-state index in [0.717, 1.165) is 16.5 Å². The Kier molecular flexibility index (Phi) is 7.35. The zero-order chi connectivity index (χ0) is 18.9. The number of hydrazine groups is 1. The molecule has 0 saturated carbocycles. The Morgan fingerprint density at radius 3 is 2.54 bits per heavy atom. The molecule has 2 rings (SSSR count). The third-order valence-corrected chi connectivity index (χ3v) is 4.01. The van der Waals surface area contributed by atoms with Crippen molar-refractivity contribution in [2.75, 3.05) is 6.61 Å². The SMILES string of the molecule is CCc1ccc(OCC(=O)NNC(=O)/C=C/c2ccc(F)cc2)c(Br)c1. The van der Waals surface area contributed by atoms with Gasteiger partial charge < -0.3 is 4.74 Å². The summed E-state index contributed by atoms with van der Waals surface area (Å²) >= 11 is 3.39. The molecule has 136 valence electrons. The molecule has 7 heteroatoms. The Hall–Kier alpha value is -2.67.